The van der Waals surface area contributed by atoms with Gasteiger partial charge in [0.25, 0.3) is 5.91 Å². The van der Waals surface area contributed by atoms with Crippen LogP contribution in [-0.2, 0) is 4.79 Å². The Morgan fingerprint density at radius 3 is 2.48 bits per heavy atom. The molecule has 0 unspecified atom stereocenters. The quantitative estimate of drug-likeness (QED) is 0.748. The summed E-state index contributed by atoms with van der Waals surface area (Å²) in [5.41, 5.74) is 1.32. The third-order valence-corrected chi connectivity index (χ3v) is 3.92. The van der Waals surface area contributed by atoms with Gasteiger partial charge in [0, 0.05) is 29.2 Å². The molecule has 2 aromatic rings. The Bertz CT molecular complexity index is 814. The minimum absolute atomic E-state index is 0.202. The average molecular weight is 376 g/mol. The van der Waals surface area contributed by atoms with Crippen LogP contribution >= 0.6 is 23.2 Å². The van der Waals surface area contributed by atoms with Crippen molar-refractivity contribution >= 4 is 40.7 Å². The van der Waals surface area contributed by atoms with Crippen LogP contribution in [0.15, 0.2) is 42.5 Å². The van der Waals surface area contributed by atoms with Gasteiger partial charge in [0.05, 0.1) is 10.6 Å². The van der Waals surface area contributed by atoms with Crippen LogP contribution in [0.25, 0.3) is 0 Å². The van der Waals surface area contributed by atoms with Crippen molar-refractivity contribution in [1.82, 2.24) is 5.32 Å². The van der Waals surface area contributed by atoms with Gasteiger partial charge in [0.15, 0.2) is 0 Å². The molecule has 7 heteroatoms. The fourth-order valence-corrected chi connectivity index (χ4v) is 2.35. The van der Waals surface area contributed by atoms with E-state index < -0.39 is 0 Å². The zero-order valence-electron chi connectivity index (χ0n) is 13.2. The number of nitrogens with one attached hydrogen (secondary N) is 2. The fraction of sp³-hybridized carbons (Fsp3) is 0.167. The van der Waals surface area contributed by atoms with E-state index in [2.05, 4.69) is 10.6 Å². The van der Waals surface area contributed by atoms with Crippen LogP contribution in [-0.4, -0.2) is 18.4 Å². The molecule has 0 bridgehead atoms. The molecular formula is C18H15Cl2N3O2. The number of hydrogen-bond acceptors (Lipinski definition) is 3. The molecule has 2 rings (SSSR count). The highest BCUT2D eigenvalue weighted by atomic mass is 35.5. The number of nitriles is 1. The van der Waals surface area contributed by atoms with Crippen LogP contribution in [0, 0.1) is 11.3 Å². The number of benzene rings is 2. The maximum Gasteiger partial charge on any atom is 0.251 e. The van der Waals surface area contributed by atoms with E-state index >= 15 is 0 Å². The highest BCUT2D eigenvalue weighted by Crippen LogP contribution is 2.19. The molecule has 0 aliphatic rings. The number of carbonyl (C=O) groups excluding carboxylic acids is 2. The Hall–Kier alpha value is -2.55. The third-order valence-electron chi connectivity index (χ3n) is 3.34. The molecule has 2 N–H and O–H groups in total. The second kappa shape index (κ2) is 9.07. The van der Waals surface area contributed by atoms with Gasteiger partial charge < -0.3 is 10.6 Å². The largest absolute Gasteiger partial charge is 0.352 e. The normalized spacial score (nSPS) is 9.96. The molecule has 0 fully saturated rings. The van der Waals surface area contributed by atoms with E-state index in [0.29, 0.717) is 39.8 Å². The SMILES string of the molecule is N#Cc1cc(NC(=O)CCCNC(=O)c2ccc(Cl)cc2)ccc1Cl. The summed E-state index contributed by atoms with van der Waals surface area (Å²) in [5.74, 6) is -0.416. The average Bonchev–Trinajstić information content (AvgIpc) is 2.60. The van der Waals surface area contributed by atoms with Crippen LogP contribution < -0.4 is 10.6 Å². The Balaban J connectivity index is 1.74. The Kier molecular flexibility index (Phi) is 6.81. The number of amides is 2. The van der Waals surface area contributed by atoms with Crippen molar-refractivity contribution in [2.24, 2.45) is 0 Å². The van der Waals surface area contributed by atoms with Crippen LogP contribution in [0.2, 0.25) is 10.0 Å². The van der Waals surface area contributed by atoms with Crippen molar-refractivity contribution in [1.29, 1.82) is 5.26 Å². The molecule has 0 aliphatic heterocycles. The van der Waals surface area contributed by atoms with Gasteiger partial charge in [-0.3, -0.25) is 9.59 Å². The molecular weight excluding hydrogens is 361 g/mol. The second-order valence-electron chi connectivity index (χ2n) is 5.22. The number of anilines is 1. The molecule has 0 spiro atoms. The third kappa shape index (κ3) is 5.79. The van der Waals surface area contributed by atoms with Gasteiger partial charge in [-0.1, -0.05) is 23.2 Å². The van der Waals surface area contributed by atoms with Gasteiger partial charge in [-0.2, -0.15) is 5.26 Å². The van der Waals surface area contributed by atoms with Crippen molar-refractivity contribution < 1.29 is 9.59 Å². The molecule has 25 heavy (non-hydrogen) atoms. The molecule has 0 heterocycles. The molecule has 0 aromatic heterocycles. The lowest BCUT2D eigenvalue weighted by Crippen LogP contribution is -2.25. The maximum atomic E-state index is 11.9. The Morgan fingerprint density at radius 1 is 1.08 bits per heavy atom. The summed E-state index contributed by atoms with van der Waals surface area (Å²) >= 11 is 11.6. The number of nitrogens with zero attached hydrogens (tertiary/aromatic N) is 1. The van der Waals surface area contributed by atoms with E-state index in [1.54, 1.807) is 36.4 Å². The van der Waals surface area contributed by atoms with E-state index in [1.807, 2.05) is 6.07 Å². The monoisotopic (exact) mass is 375 g/mol. The summed E-state index contributed by atoms with van der Waals surface area (Å²) in [5, 5.41) is 15.3. The van der Waals surface area contributed by atoms with E-state index in [0.717, 1.165) is 0 Å². The second-order valence-corrected chi connectivity index (χ2v) is 6.06. The van der Waals surface area contributed by atoms with Gasteiger partial charge in [-0.25, -0.2) is 0 Å². The number of halogens is 2. The minimum Gasteiger partial charge on any atom is -0.352 e. The topological polar surface area (TPSA) is 82.0 Å². The smallest absolute Gasteiger partial charge is 0.251 e. The van der Waals surface area contributed by atoms with Crippen molar-refractivity contribution in [2.75, 3.05) is 11.9 Å². The minimum atomic E-state index is -0.214. The van der Waals surface area contributed by atoms with Gasteiger partial charge in [-0.15, -0.1) is 0 Å². The predicted octanol–water partition coefficient (Wildman–Crippen LogP) is 4.01. The highest BCUT2D eigenvalue weighted by Gasteiger charge is 2.07. The van der Waals surface area contributed by atoms with Crippen molar-refractivity contribution in [2.45, 2.75) is 12.8 Å². The zero-order chi connectivity index (χ0) is 18.2. The van der Waals surface area contributed by atoms with Crippen molar-refractivity contribution in [3.8, 4) is 6.07 Å². The molecule has 2 aromatic carbocycles. The summed E-state index contributed by atoms with van der Waals surface area (Å²) in [6.45, 7) is 0.374. The first-order valence-corrected chi connectivity index (χ1v) is 8.28. The summed E-state index contributed by atoms with van der Waals surface area (Å²) < 4.78 is 0. The van der Waals surface area contributed by atoms with Crippen LogP contribution in [0.4, 0.5) is 5.69 Å². The molecule has 0 saturated heterocycles. The first-order chi connectivity index (χ1) is 12.0. The van der Waals surface area contributed by atoms with Gasteiger partial charge >= 0.3 is 0 Å². The first kappa shape index (κ1) is 18.8. The number of rotatable bonds is 6. The Morgan fingerprint density at radius 2 is 1.80 bits per heavy atom. The van der Waals surface area contributed by atoms with Gasteiger partial charge in [0.1, 0.15) is 6.07 Å². The van der Waals surface area contributed by atoms with E-state index in [4.69, 9.17) is 28.5 Å². The van der Waals surface area contributed by atoms with Crippen LogP contribution in [0.3, 0.4) is 0 Å². The molecule has 0 aliphatic carbocycles. The molecule has 2 amide bonds. The van der Waals surface area contributed by atoms with Crippen LogP contribution in [0.1, 0.15) is 28.8 Å². The lowest BCUT2D eigenvalue weighted by Gasteiger charge is -2.07. The van der Waals surface area contributed by atoms with Crippen LogP contribution in [0.5, 0.6) is 0 Å². The van der Waals surface area contributed by atoms with E-state index in [9.17, 15) is 9.59 Å². The van der Waals surface area contributed by atoms with Crippen molar-refractivity contribution in [3.63, 3.8) is 0 Å². The zero-order valence-corrected chi connectivity index (χ0v) is 14.7. The molecule has 128 valence electrons. The molecule has 0 radical (unpaired) electrons. The molecule has 0 atom stereocenters. The Labute approximate surface area is 155 Å². The van der Waals surface area contributed by atoms with Gasteiger partial charge in [0.2, 0.25) is 5.91 Å². The summed E-state index contributed by atoms with van der Waals surface area (Å²) in [6, 6.07) is 13.2. The van der Waals surface area contributed by atoms with Gasteiger partial charge in [-0.05, 0) is 48.9 Å². The van der Waals surface area contributed by atoms with E-state index in [-0.39, 0.29) is 18.2 Å². The van der Waals surface area contributed by atoms with Crippen molar-refractivity contribution in [3.05, 3.63) is 63.6 Å². The number of carbonyl (C=O) groups is 2. The first-order valence-electron chi connectivity index (χ1n) is 7.53. The molecule has 5 nitrogen and oxygen atoms in total. The lowest BCUT2D eigenvalue weighted by molar-refractivity contribution is -0.116. The summed E-state index contributed by atoms with van der Waals surface area (Å²) in [6.07, 6.45) is 0.731. The fourth-order valence-electron chi connectivity index (χ4n) is 2.07. The summed E-state index contributed by atoms with van der Waals surface area (Å²) in [4.78, 5) is 23.8. The predicted molar refractivity (Wildman–Crippen MR) is 97.8 cm³/mol. The lowest BCUT2D eigenvalue weighted by atomic mass is 10.2. The number of hydrogen-bond donors (Lipinski definition) is 2. The molecule has 0 saturated carbocycles. The standard InChI is InChI=1S/C18H15Cl2N3O2/c19-14-5-3-12(4-6-14)18(25)22-9-1-2-17(24)23-15-7-8-16(20)13(10-15)11-21/h3-8,10H,1-2,9H2,(H,22,25)(H,23,24). The van der Waals surface area contributed by atoms with E-state index in [1.165, 1.54) is 6.07 Å². The maximum absolute atomic E-state index is 11.9. The summed E-state index contributed by atoms with van der Waals surface area (Å²) in [7, 11) is 0. The highest BCUT2D eigenvalue weighted by molar-refractivity contribution is 6.31.